The van der Waals surface area contributed by atoms with Crippen molar-refractivity contribution in [2.75, 3.05) is 5.75 Å². The van der Waals surface area contributed by atoms with E-state index in [0.29, 0.717) is 40.2 Å². The van der Waals surface area contributed by atoms with E-state index in [-0.39, 0.29) is 29.0 Å². The number of aromatic amines is 1. The van der Waals surface area contributed by atoms with Crippen molar-refractivity contribution < 1.29 is 9.59 Å². The Morgan fingerprint density at radius 3 is 2.51 bits per heavy atom. The first kappa shape index (κ1) is 26.4. The van der Waals surface area contributed by atoms with E-state index < -0.39 is 0 Å². The van der Waals surface area contributed by atoms with Gasteiger partial charge in [0, 0.05) is 40.3 Å². The molecule has 198 valence electrons. The lowest BCUT2D eigenvalue weighted by atomic mass is 10.1. The van der Waals surface area contributed by atoms with E-state index >= 15 is 0 Å². The lowest BCUT2D eigenvalue weighted by Gasteiger charge is -2.14. The van der Waals surface area contributed by atoms with Gasteiger partial charge in [0.2, 0.25) is 0 Å². The van der Waals surface area contributed by atoms with Crippen LogP contribution in [0.2, 0.25) is 0 Å². The maximum atomic E-state index is 13.7. The van der Waals surface area contributed by atoms with Crippen LogP contribution in [0.3, 0.4) is 0 Å². The molecule has 5 aromatic rings. The van der Waals surface area contributed by atoms with Crippen LogP contribution in [0.4, 0.5) is 0 Å². The molecule has 0 bridgehead atoms. The fourth-order valence-electron chi connectivity index (χ4n) is 4.72. The predicted octanol–water partition coefficient (Wildman–Crippen LogP) is 5.54. The van der Waals surface area contributed by atoms with Crippen molar-refractivity contribution in [1.82, 2.24) is 19.9 Å². The van der Waals surface area contributed by atoms with Gasteiger partial charge in [0.25, 0.3) is 11.5 Å². The van der Waals surface area contributed by atoms with E-state index in [1.165, 1.54) is 11.8 Å². The summed E-state index contributed by atoms with van der Waals surface area (Å²) in [6.45, 7) is 6.10. The van der Waals surface area contributed by atoms with Crippen LogP contribution in [0.15, 0.2) is 82.7 Å². The number of para-hydroxylation sites is 1. The standard InChI is InChI=1S/C31H30N4O3S/c1-19(2)32-29(37)22-13-14-24-26(17-22)34-31(35(30(24)38)16-15-21-9-5-4-6-10-21)39-18-27(36)28-20(3)33-25-12-8-7-11-23(25)28/h4-14,17,19,33H,15-16,18H2,1-3H3,(H,32,37). The minimum absolute atomic E-state index is 0.0164. The number of carbonyl (C=O) groups is 2. The van der Waals surface area contributed by atoms with E-state index in [4.69, 9.17) is 4.98 Å². The Labute approximate surface area is 230 Å². The molecule has 0 saturated heterocycles. The van der Waals surface area contributed by atoms with Crippen LogP contribution in [-0.4, -0.2) is 38.0 Å². The number of aryl methyl sites for hydroxylation is 2. The van der Waals surface area contributed by atoms with Crippen molar-refractivity contribution in [3.63, 3.8) is 0 Å². The third-order valence-electron chi connectivity index (χ3n) is 6.57. The van der Waals surface area contributed by atoms with Crippen molar-refractivity contribution in [3.8, 4) is 0 Å². The Morgan fingerprint density at radius 1 is 1.00 bits per heavy atom. The summed E-state index contributed by atoms with van der Waals surface area (Å²) in [6.07, 6.45) is 0.645. The summed E-state index contributed by atoms with van der Waals surface area (Å²) < 4.78 is 1.64. The Balaban J connectivity index is 1.50. The van der Waals surface area contributed by atoms with Gasteiger partial charge < -0.3 is 10.3 Å². The molecule has 39 heavy (non-hydrogen) atoms. The summed E-state index contributed by atoms with van der Waals surface area (Å²) in [4.78, 5) is 47.7. The minimum atomic E-state index is -0.221. The second-order valence-electron chi connectivity index (χ2n) is 9.83. The van der Waals surface area contributed by atoms with Gasteiger partial charge in [-0.3, -0.25) is 19.0 Å². The number of nitrogens with zero attached hydrogens (tertiary/aromatic N) is 2. The molecule has 5 rings (SSSR count). The van der Waals surface area contributed by atoms with Crippen LogP contribution < -0.4 is 10.9 Å². The molecule has 0 saturated carbocycles. The van der Waals surface area contributed by atoms with E-state index in [0.717, 1.165) is 22.2 Å². The number of amides is 1. The first-order valence-electron chi connectivity index (χ1n) is 12.9. The summed E-state index contributed by atoms with van der Waals surface area (Å²) in [5.74, 6) is -0.135. The van der Waals surface area contributed by atoms with Crippen LogP contribution in [-0.2, 0) is 13.0 Å². The fraction of sp³-hybridized carbons (Fsp3) is 0.226. The molecule has 3 aromatic carbocycles. The van der Waals surface area contributed by atoms with Gasteiger partial charge >= 0.3 is 0 Å². The molecule has 0 aliphatic carbocycles. The molecule has 0 unspecified atom stereocenters. The monoisotopic (exact) mass is 538 g/mol. The molecule has 1 amide bonds. The molecule has 0 aliphatic heterocycles. The third-order valence-corrected chi connectivity index (χ3v) is 7.55. The molecule has 0 aliphatic rings. The fourth-order valence-corrected chi connectivity index (χ4v) is 5.62. The topological polar surface area (TPSA) is 96.8 Å². The SMILES string of the molecule is Cc1[nH]c2ccccc2c1C(=O)CSc1nc2cc(C(=O)NC(C)C)ccc2c(=O)n1CCc1ccccc1. The quantitative estimate of drug-likeness (QED) is 0.146. The number of fused-ring (bicyclic) bond motifs is 2. The lowest BCUT2D eigenvalue weighted by molar-refractivity contribution is 0.0942. The number of carbonyl (C=O) groups excluding carboxylic acids is 2. The molecule has 8 heteroatoms. The average Bonchev–Trinajstić information content (AvgIpc) is 3.27. The second kappa shape index (κ2) is 11.3. The van der Waals surface area contributed by atoms with Gasteiger partial charge in [0.05, 0.1) is 16.7 Å². The summed E-state index contributed by atoms with van der Waals surface area (Å²) in [7, 11) is 0. The largest absolute Gasteiger partial charge is 0.358 e. The van der Waals surface area contributed by atoms with Gasteiger partial charge in [0.1, 0.15) is 0 Å². The van der Waals surface area contributed by atoms with Crippen molar-refractivity contribution in [2.24, 2.45) is 0 Å². The van der Waals surface area contributed by atoms with Crippen LogP contribution in [0.5, 0.6) is 0 Å². The number of nitrogens with one attached hydrogen (secondary N) is 2. The van der Waals surface area contributed by atoms with E-state index in [1.54, 1.807) is 22.8 Å². The predicted molar refractivity (Wildman–Crippen MR) is 157 cm³/mol. The molecule has 7 nitrogen and oxygen atoms in total. The molecule has 0 spiro atoms. The van der Waals surface area contributed by atoms with Crippen molar-refractivity contribution in [1.29, 1.82) is 0 Å². The summed E-state index contributed by atoms with van der Waals surface area (Å²) in [6, 6.07) is 22.6. The van der Waals surface area contributed by atoms with Crippen molar-refractivity contribution in [2.45, 2.75) is 44.9 Å². The Hall–Kier alpha value is -4.17. The number of thioether (sulfide) groups is 1. The molecule has 2 N–H and O–H groups in total. The summed E-state index contributed by atoms with van der Waals surface area (Å²) in [5, 5.41) is 4.65. The number of Topliss-reactive ketones (excluding diaryl/α,β-unsaturated/α-hetero) is 1. The molecular formula is C31H30N4O3S. The normalized spacial score (nSPS) is 11.4. The van der Waals surface area contributed by atoms with Gasteiger partial charge in [-0.15, -0.1) is 0 Å². The molecular weight excluding hydrogens is 508 g/mol. The molecule has 0 radical (unpaired) electrons. The van der Waals surface area contributed by atoms with Crippen LogP contribution in [0, 0.1) is 6.92 Å². The lowest BCUT2D eigenvalue weighted by Crippen LogP contribution is -2.30. The van der Waals surface area contributed by atoms with Gasteiger partial charge in [0.15, 0.2) is 10.9 Å². The van der Waals surface area contributed by atoms with E-state index in [9.17, 15) is 14.4 Å². The van der Waals surface area contributed by atoms with E-state index in [2.05, 4.69) is 10.3 Å². The maximum absolute atomic E-state index is 13.7. The third kappa shape index (κ3) is 5.66. The highest BCUT2D eigenvalue weighted by atomic mass is 32.2. The molecule has 0 fully saturated rings. The van der Waals surface area contributed by atoms with Crippen LogP contribution >= 0.6 is 11.8 Å². The summed E-state index contributed by atoms with van der Waals surface area (Å²) >= 11 is 1.25. The number of benzene rings is 3. The smallest absolute Gasteiger partial charge is 0.262 e. The molecule has 0 atom stereocenters. The zero-order chi connectivity index (χ0) is 27.5. The van der Waals surface area contributed by atoms with E-state index in [1.807, 2.05) is 75.4 Å². The number of hydrogen-bond donors (Lipinski definition) is 2. The molecule has 2 heterocycles. The van der Waals surface area contributed by atoms with Gasteiger partial charge in [-0.05, 0) is 57.0 Å². The number of rotatable bonds is 9. The van der Waals surface area contributed by atoms with Gasteiger partial charge in [-0.1, -0.05) is 60.3 Å². The van der Waals surface area contributed by atoms with Crippen LogP contribution in [0.25, 0.3) is 21.8 Å². The number of H-pyrrole nitrogens is 1. The number of aromatic nitrogens is 3. The molecule has 2 aromatic heterocycles. The first-order chi connectivity index (χ1) is 18.8. The van der Waals surface area contributed by atoms with Crippen molar-refractivity contribution >= 4 is 45.3 Å². The maximum Gasteiger partial charge on any atom is 0.262 e. The highest BCUT2D eigenvalue weighted by Crippen LogP contribution is 2.26. The average molecular weight is 539 g/mol. The minimum Gasteiger partial charge on any atom is -0.358 e. The zero-order valence-electron chi connectivity index (χ0n) is 22.2. The number of hydrogen-bond acceptors (Lipinski definition) is 5. The zero-order valence-corrected chi connectivity index (χ0v) is 23.0. The highest BCUT2D eigenvalue weighted by molar-refractivity contribution is 7.99. The second-order valence-corrected chi connectivity index (χ2v) is 10.8. The highest BCUT2D eigenvalue weighted by Gasteiger charge is 2.19. The first-order valence-corrected chi connectivity index (χ1v) is 13.9. The summed E-state index contributed by atoms with van der Waals surface area (Å²) in [5.41, 5.74) is 4.17. The Morgan fingerprint density at radius 2 is 1.74 bits per heavy atom. The Kier molecular flexibility index (Phi) is 7.65. The van der Waals surface area contributed by atoms with Gasteiger partial charge in [-0.2, -0.15) is 0 Å². The van der Waals surface area contributed by atoms with Crippen molar-refractivity contribution in [3.05, 3.63) is 106 Å². The van der Waals surface area contributed by atoms with Gasteiger partial charge in [-0.25, -0.2) is 4.98 Å². The Bertz CT molecular complexity index is 1740. The number of ketones is 1. The van der Waals surface area contributed by atoms with Crippen LogP contribution in [0.1, 0.15) is 45.8 Å².